The first-order chi connectivity index (χ1) is 11.3. The average molecular weight is 303 g/mol. The van der Waals surface area contributed by atoms with Gasteiger partial charge in [0.05, 0.1) is 0 Å². The Labute approximate surface area is 137 Å². The van der Waals surface area contributed by atoms with Gasteiger partial charge in [-0.15, -0.1) is 0 Å². The van der Waals surface area contributed by atoms with Gasteiger partial charge < -0.3 is 10.2 Å². The van der Waals surface area contributed by atoms with E-state index in [4.69, 9.17) is 4.98 Å². The first-order valence-corrected chi connectivity index (χ1v) is 8.24. The van der Waals surface area contributed by atoms with E-state index in [1.54, 1.807) is 0 Å². The molecule has 0 amide bonds. The zero-order chi connectivity index (χ0) is 15.6. The summed E-state index contributed by atoms with van der Waals surface area (Å²) in [6.07, 6.45) is 2.03. The Kier molecular flexibility index (Phi) is 3.72. The molecular weight excluding hydrogens is 282 g/mol. The van der Waals surface area contributed by atoms with Crippen LogP contribution in [0.5, 0.6) is 0 Å². The summed E-state index contributed by atoms with van der Waals surface area (Å²) in [6.45, 7) is 5.25. The molecule has 1 aromatic heterocycles. The van der Waals surface area contributed by atoms with Crippen molar-refractivity contribution < 1.29 is 0 Å². The van der Waals surface area contributed by atoms with E-state index in [0.29, 0.717) is 6.04 Å². The summed E-state index contributed by atoms with van der Waals surface area (Å²) in [7, 11) is 0. The Morgan fingerprint density at radius 2 is 1.74 bits per heavy atom. The van der Waals surface area contributed by atoms with Crippen LogP contribution in [0, 0.1) is 0 Å². The molecule has 0 aliphatic carbocycles. The second-order valence-electron chi connectivity index (χ2n) is 6.21. The maximum absolute atomic E-state index is 4.84. The smallest absolute Gasteiger partial charge is 0.136 e. The molecule has 1 unspecified atom stereocenters. The lowest BCUT2D eigenvalue weighted by Crippen LogP contribution is -2.49. The number of hydrogen-bond donors (Lipinski definition) is 1. The van der Waals surface area contributed by atoms with Crippen molar-refractivity contribution in [3.8, 4) is 11.1 Å². The van der Waals surface area contributed by atoms with E-state index in [0.717, 1.165) is 25.5 Å². The molecule has 2 heterocycles. The summed E-state index contributed by atoms with van der Waals surface area (Å²) in [5.74, 6) is 1.11. The monoisotopic (exact) mass is 303 g/mol. The van der Waals surface area contributed by atoms with Gasteiger partial charge in [0.1, 0.15) is 5.82 Å². The minimum Gasteiger partial charge on any atom is -0.353 e. The van der Waals surface area contributed by atoms with Crippen molar-refractivity contribution in [2.75, 3.05) is 24.5 Å². The summed E-state index contributed by atoms with van der Waals surface area (Å²) in [4.78, 5) is 7.24. The third kappa shape index (κ3) is 2.68. The van der Waals surface area contributed by atoms with Crippen molar-refractivity contribution in [1.29, 1.82) is 0 Å². The van der Waals surface area contributed by atoms with E-state index in [2.05, 4.69) is 71.7 Å². The lowest BCUT2D eigenvalue weighted by Gasteiger charge is -2.33. The normalized spacial score (nSPS) is 18.3. The minimum atomic E-state index is 0.498. The van der Waals surface area contributed by atoms with Crippen LogP contribution in [0.25, 0.3) is 21.9 Å². The van der Waals surface area contributed by atoms with Gasteiger partial charge in [0.15, 0.2) is 0 Å². The van der Waals surface area contributed by atoms with Crippen LogP contribution in [-0.2, 0) is 0 Å². The number of pyridine rings is 1. The molecule has 0 saturated carbocycles. The second kappa shape index (κ2) is 6.01. The lowest BCUT2D eigenvalue weighted by molar-refractivity contribution is 0.483. The maximum atomic E-state index is 4.84. The van der Waals surface area contributed by atoms with Crippen molar-refractivity contribution in [2.45, 2.75) is 13.0 Å². The van der Waals surface area contributed by atoms with Crippen molar-refractivity contribution in [3.05, 3.63) is 60.8 Å². The van der Waals surface area contributed by atoms with Gasteiger partial charge >= 0.3 is 0 Å². The number of benzene rings is 2. The molecule has 0 bridgehead atoms. The highest BCUT2D eigenvalue weighted by molar-refractivity contribution is 6.01. The number of nitrogens with zero attached hydrogens (tertiary/aromatic N) is 2. The van der Waals surface area contributed by atoms with Crippen molar-refractivity contribution in [3.63, 3.8) is 0 Å². The Morgan fingerprint density at radius 1 is 1.00 bits per heavy atom. The van der Waals surface area contributed by atoms with Crippen molar-refractivity contribution in [2.24, 2.45) is 0 Å². The van der Waals surface area contributed by atoms with E-state index < -0.39 is 0 Å². The fourth-order valence-electron chi connectivity index (χ4n) is 3.40. The van der Waals surface area contributed by atoms with Crippen LogP contribution in [-0.4, -0.2) is 30.7 Å². The lowest BCUT2D eigenvalue weighted by atomic mass is 10.00. The molecule has 23 heavy (non-hydrogen) atoms. The first-order valence-electron chi connectivity index (χ1n) is 8.24. The van der Waals surface area contributed by atoms with Crippen LogP contribution in [0.3, 0.4) is 0 Å². The Morgan fingerprint density at radius 3 is 2.52 bits per heavy atom. The van der Waals surface area contributed by atoms with E-state index in [9.17, 15) is 0 Å². The van der Waals surface area contributed by atoms with Crippen LogP contribution >= 0.6 is 0 Å². The summed E-state index contributed by atoms with van der Waals surface area (Å²) >= 11 is 0. The third-order valence-electron chi connectivity index (χ3n) is 4.53. The molecule has 3 aromatic rings. The number of nitrogens with one attached hydrogen (secondary N) is 1. The average Bonchev–Trinajstić information content (AvgIpc) is 2.61. The topological polar surface area (TPSA) is 28.2 Å². The zero-order valence-electron chi connectivity index (χ0n) is 13.4. The number of rotatable bonds is 2. The van der Waals surface area contributed by atoms with Crippen LogP contribution in [0.2, 0.25) is 0 Å². The van der Waals surface area contributed by atoms with Gasteiger partial charge in [0, 0.05) is 42.8 Å². The van der Waals surface area contributed by atoms with Gasteiger partial charge in [0.25, 0.3) is 0 Å². The number of anilines is 1. The molecule has 3 nitrogen and oxygen atoms in total. The van der Waals surface area contributed by atoms with Crippen LogP contribution in [0.4, 0.5) is 5.82 Å². The highest BCUT2D eigenvalue weighted by atomic mass is 15.2. The molecule has 2 aromatic carbocycles. The molecule has 1 N–H and O–H groups in total. The molecule has 1 atom stereocenters. The fourth-order valence-corrected chi connectivity index (χ4v) is 3.40. The van der Waals surface area contributed by atoms with Crippen LogP contribution in [0.1, 0.15) is 6.92 Å². The predicted octanol–water partition coefficient (Wildman–Crippen LogP) is 3.70. The van der Waals surface area contributed by atoms with E-state index in [1.807, 2.05) is 6.20 Å². The Bertz CT molecular complexity index is 813. The minimum absolute atomic E-state index is 0.498. The highest BCUT2D eigenvalue weighted by Gasteiger charge is 2.19. The third-order valence-corrected chi connectivity index (χ3v) is 4.53. The van der Waals surface area contributed by atoms with Crippen LogP contribution in [0.15, 0.2) is 60.8 Å². The predicted molar refractivity (Wildman–Crippen MR) is 96.9 cm³/mol. The Balaban J connectivity index is 1.86. The molecule has 3 heteroatoms. The maximum Gasteiger partial charge on any atom is 0.136 e. The van der Waals surface area contributed by atoms with Gasteiger partial charge in [-0.05, 0) is 17.9 Å². The van der Waals surface area contributed by atoms with E-state index >= 15 is 0 Å². The molecule has 1 aliphatic rings. The molecule has 4 rings (SSSR count). The van der Waals surface area contributed by atoms with Gasteiger partial charge in [-0.25, -0.2) is 4.98 Å². The zero-order valence-corrected chi connectivity index (χ0v) is 13.4. The molecular formula is C20H21N3. The number of hydrogen-bond acceptors (Lipinski definition) is 3. The molecule has 0 spiro atoms. The Hall–Kier alpha value is -2.39. The molecule has 1 aliphatic heterocycles. The first kappa shape index (κ1) is 14.2. The van der Waals surface area contributed by atoms with Gasteiger partial charge in [-0.3, -0.25) is 0 Å². The number of piperazine rings is 1. The summed E-state index contributed by atoms with van der Waals surface area (Å²) in [6, 6.07) is 19.6. The molecule has 0 radical (unpaired) electrons. The SMILES string of the molecule is CC1CN(c2ncc(-c3ccccc3)c3ccccc23)CCN1. The van der Waals surface area contributed by atoms with Crippen LogP contribution < -0.4 is 10.2 Å². The number of aromatic nitrogens is 1. The standard InChI is InChI=1S/C20H21N3/c1-15-14-23(12-11-21-15)20-18-10-6-5-9-17(18)19(13-22-20)16-7-3-2-4-8-16/h2-10,13,15,21H,11-12,14H2,1H3. The summed E-state index contributed by atoms with van der Waals surface area (Å²) < 4.78 is 0. The fraction of sp³-hybridized carbons (Fsp3) is 0.250. The van der Waals surface area contributed by atoms with Gasteiger partial charge in [0.2, 0.25) is 0 Å². The molecule has 116 valence electrons. The van der Waals surface area contributed by atoms with Crippen molar-refractivity contribution in [1.82, 2.24) is 10.3 Å². The van der Waals surface area contributed by atoms with Crippen molar-refractivity contribution >= 4 is 16.6 Å². The number of fused-ring (bicyclic) bond motifs is 1. The summed E-state index contributed by atoms with van der Waals surface area (Å²) in [5.41, 5.74) is 2.42. The van der Waals surface area contributed by atoms with Gasteiger partial charge in [-0.2, -0.15) is 0 Å². The highest BCUT2D eigenvalue weighted by Crippen LogP contribution is 2.33. The molecule has 1 fully saturated rings. The molecule has 1 saturated heterocycles. The second-order valence-corrected chi connectivity index (χ2v) is 6.21. The summed E-state index contributed by atoms with van der Waals surface area (Å²) in [5, 5.41) is 6.01. The van der Waals surface area contributed by atoms with Gasteiger partial charge in [-0.1, -0.05) is 54.6 Å². The van der Waals surface area contributed by atoms with E-state index in [1.165, 1.54) is 21.9 Å². The van der Waals surface area contributed by atoms with E-state index in [-0.39, 0.29) is 0 Å². The quantitative estimate of drug-likeness (QED) is 0.782. The largest absolute Gasteiger partial charge is 0.353 e.